The number of ether oxygens (including phenoxy) is 1. The van der Waals surface area contributed by atoms with Crippen LogP contribution in [0.1, 0.15) is 24.8 Å². The highest BCUT2D eigenvalue weighted by atomic mass is 35.5. The van der Waals surface area contributed by atoms with Gasteiger partial charge >= 0.3 is 0 Å². The molecule has 0 spiro atoms. The molecule has 104 valence electrons. The van der Waals surface area contributed by atoms with Crippen molar-refractivity contribution < 1.29 is 4.74 Å². The lowest BCUT2D eigenvalue weighted by Gasteiger charge is -2.32. The second-order valence-corrected chi connectivity index (χ2v) is 6.45. The fraction of sp³-hybridized carbons (Fsp3) is 0.600. The maximum atomic E-state index is 6.27. The zero-order chi connectivity index (χ0) is 13.2. The Hall–Kier alpha value is -0.280. The van der Waals surface area contributed by atoms with Crippen LogP contribution in [0.4, 0.5) is 0 Å². The van der Waals surface area contributed by atoms with Gasteiger partial charge < -0.3 is 10.1 Å². The van der Waals surface area contributed by atoms with Crippen molar-refractivity contribution in [2.75, 3.05) is 13.2 Å². The van der Waals surface area contributed by atoms with Crippen LogP contribution in [0.15, 0.2) is 18.2 Å². The Balaban J connectivity index is 1.68. The monoisotopic (exact) mass is 299 g/mol. The van der Waals surface area contributed by atoms with Gasteiger partial charge in [0.05, 0.1) is 6.61 Å². The third-order valence-electron chi connectivity index (χ3n) is 4.00. The lowest BCUT2D eigenvalue weighted by Crippen LogP contribution is -2.44. The van der Waals surface area contributed by atoms with E-state index in [2.05, 4.69) is 5.32 Å². The molecule has 3 rings (SSSR count). The predicted octanol–water partition coefficient (Wildman–Crippen LogP) is 3.69. The molecule has 2 unspecified atom stereocenters. The van der Waals surface area contributed by atoms with Gasteiger partial charge in [-0.05, 0) is 43.4 Å². The molecule has 4 heteroatoms. The van der Waals surface area contributed by atoms with Crippen molar-refractivity contribution in [3.63, 3.8) is 0 Å². The highest BCUT2D eigenvalue weighted by Gasteiger charge is 2.31. The summed E-state index contributed by atoms with van der Waals surface area (Å²) in [5.74, 6) is 0.507. The number of hydrogen-bond acceptors (Lipinski definition) is 2. The van der Waals surface area contributed by atoms with E-state index in [1.54, 1.807) is 0 Å². The third-order valence-corrected chi connectivity index (χ3v) is 4.59. The summed E-state index contributed by atoms with van der Waals surface area (Å²) < 4.78 is 5.64. The average Bonchev–Trinajstić information content (AvgIpc) is 3.19. The summed E-state index contributed by atoms with van der Waals surface area (Å²) in [4.78, 5) is 0. The van der Waals surface area contributed by atoms with Gasteiger partial charge in [-0.3, -0.25) is 0 Å². The first-order valence-electron chi connectivity index (χ1n) is 7.00. The van der Waals surface area contributed by atoms with Crippen LogP contribution < -0.4 is 5.32 Å². The number of nitrogens with one attached hydrogen (secondary N) is 1. The molecule has 19 heavy (non-hydrogen) atoms. The molecule has 0 amide bonds. The lowest BCUT2D eigenvalue weighted by atomic mass is 9.89. The Kier molecular flexibility index (Phi) is 4.33. The fourth-order valence-electron chi connectivity index (χ4n) is 2.74. The molecular weight excluding hydrogens is 281 g/mol. The van der Waals surface area contributed by atoms with Crippen molar-refractivity contribution in [3.8, 4) is 0 Å². The maximum Gasteiger partial charge on any atom is 0.0512 e. The quantitative estimate of drug-likeness (QED) is 0.915. The van der Waals surface area contributed by atoms with Crippen LogP contribution in [0, 0.1) is 5.92 Å². The van der Waals surface area contributed by atoms with E-state index in [0.717, 1.165) is 37.1 Å². The van der Waals surface area contributed by atoms with Crippen molar-refractivity contribution in [2.24, 2.45) is 5.92 Å². The van der Waals surface area contributed by atoms with Crippen molar-refractivity contribution in [2.45, 2.75) is 37.8 Å². The SMILES string of the molecule is Clc1ccc(CC2COCCC2NC2CC2)c(Cl)c1. The van der Waals surface area contributed by atoms with Crippen molar-refractivity contribution in [1.29, 1.82) is 0 Å². The van der Waals surface area contributed by atoms with Crippen molar-refractivity contribution >= 4 is 23.2 Å². The van der Waals surface area contributed by atoms with Crippen LogP contribution in [0.5, 0.6) is 0 Å². The van der Waals surface area contributed by atoms with E-state index in [-0.39, 0.29) is 0 Å². The standard InChI is InChI=1S/C15H19Cl2NO/c16-12-2-1-10(14(17)8-12)7-11-9-19-6-5-15(11)18-13-3-4-13/h1-2,8,11,13,15,18H,3-7,9H2. The van der Waals surface area contributed by atoms with E-state index in [4.69, 9.17) is 27.9 Å². The molecule has 2 nitrogen and oxygen atoms in total. The van der Waals surface area contributed by atoms with E-state index in [1.807, 2.05) is 18.2 Å². The van der Waals surface area contributed by atoms with Gasteiger partial charge in [0.2, 0.25) is 0 Å². The molecular formula is C15H19Cl2NO. The van der Waals surface area contributed by atoms with Gasteiger partial charge in [-0.1, -0.05) is 29.3 Å². The molecule has 1 heterocycles. The number of hydrogen-bond donors (Lipinski definition) is 1. The number of halogens is 2. The summed E-state index contributed by atoms with van der Waals surface area (Å²) in [5, 5.41) is 5.21. The molecule has 2 fully saturated rings. The fourth-order valence-corrected chi connectivity index (χ4v) is 3.23. The first-order chi connectivity index (χ1) is 9.22. The maximum absolute atomic E-state index is 6.27. The summed E-state index contributed by atoms with van der Waals surface area (Å²) in [6, 6.07) is 7.08. The molecule has 1 aromatic carbocycles. The minimum Gasteiger partial charge on any atom is -0.381 e. The zero-order valence-electron chi connectivity index (χ0n) is 10.9. The smallest absolute Gasteiger partial charge is 0.0512 e. The van der Waals surface area contributed by atoms with Crippen LogP contribution in [0.3, 0.4) is 0 Å². The van der Waals surface area contributed by atoms with Crippen molar-refractivity contribution in [3.05, 3.63) is 33.8 Å². The Bertz CT molecular complexity index is 448. The Labute approximate surface area is 124 Å². The van der Waals surface area contributed by atoms with Crippen LogP contribution in [-0.2, 0) is 11.2 Å². The highest BCUT2D eigenvalue weighted by molar-refractivity contribution is 6.35. The number of rotatable bonds is 4. The Morgan fingerprint density at radius 3 is 2.79 bits per heavy atom. The van der Waals surface area contributed by atoms with Crippen LogP contribution >= 0.6 is 23.2 Å². The van der Waals surface area contributed by atoms with Crippen LogP contribution in [0.25, 0.3) is 0 Å². The average molecular weight is 300 g/mol. The third kappa shape index (κ3) is 3.63. The lowest BCUT2D eigenvalue weighted by molar-refractivity contribution is 0.0316. The summed E-state index contributed by atoms with van der Waals surface area (Å²) in [5.41, 5.74) is 1.17. The first kappa shape index (κ1) is 13.7. The predicted molar refractivity (Wildman–Crippen MR) is 79.0 cm³/mol. The molecule has 0 bridgehead atoms. The second-order valence-electron chi connectivity index (χ2n) is 5.61. The molecule has 1 saturated heterocycles. The molecule has 2 aliphatic rings. The van der Waals surface area contributed by atoms with Gasteiger partial charge in [0.15, 0.2) is 0 Å². The molecule has 1 N–H and O–H groups in total. The van der Waals surface area contributed by atoms with Gasteiger partial charge in [0, 0.05) is 34.7 Å². The molecule has 2 atom stereocenters. The zero-order valence-corrected chi connectivity index (χ0v) is 12.4. The highest BCUT2D eigenvalue weighted by Crippen LogP contribution is 2.29. The van der Waals surface area contributed by atoms with Gasteiger partial charge in [-0.25, -0.2) is 0 Å². The van der Waals surface area contributed by atoms with Crippen molar-refractivity contribution in [1.82, 2.24) is 5.32 Å². The van der Waals surface area contributed by atoms with E-state index < -0.39 is 0 Å². The van der Waals surface area contributed by atoms with E-state index in [1.165, 1.54) is 18.4 Å². The Morgan fingerprint density at radius 1 is 1.21 bits per heavy atom. The second kappa shape index (κ2) is 6.01. The molecule has 0 aromatic heterocycles. The first-order valence-corrected chi connectivity index (χ1v) is 7.75. The van der Waals surface area contributed by atoms with Crippen LogP contribution in [0.2, 0.25) is 10.0 Å². The molecule has 1 aliphatic carbocycles. The van der Waals surface area contributed by atoms with Gasteiger partial charge in [-0.2, -0.15) is 0 Å². The summed E-state index contributed by atoms with van der Waals surface area (Å²) >= 11 is 12.2. The largest absolute Gasteiger partial charge is 0.381 e. The van der Waals surface area contributed by atoms with Gasteiger partial charge in [-0.15, -0.1) is 0 Å². The number of benzene rings is 1. The van der Waals surface area contributed by atoms with Gasteiger partial charge in [0.1, 0.15) is 0 Å². The molecule has 1 saturated carbocycles. The van der Waals surface area contributed by atoms with Crippen LogP contribution in [-0.4, -0.2) is 25.3 Å². The normalized spacial score (nSPS) is 27.5. The Morgan fingerprint density at radius 2 is 2.05 bits per heavy atom. The minimum absolute atomic E-state index is 0.507. The summed E-state index contributed by atoms with van der Waals surface area (Å²) in [7, 11) is 0. The summed E-state index contributed by atoms with van der Waals surface area (Å²) in [6.45, 7) is 1.69. The van der Waals surface area contributed by atoms with Gasteiger partial charge in [0.25, 0.3) is 0 Å². The molecule has 1 aliphatic heterocycles. The minimum atomic E-state index is 0.507. The molecule has 1 aromatic rings. The van der Waals surface area contributed by atoms with E-state index in [9.17, 15) is 0 Å². The van der Waals surface area contributed by atoms with E-state index in [0.29, 0.717) is 17.0 Å². The summed E-state index contributed by atoms with van der Waals surface area (Å²) in [6.07, 6.45) is 4.71. The molecule has 0 radical (unpaired) electrons. The van der Waals surface area contributed by atoms with E-state index >= 15 is 0 Å². The topological polar surface area (TPSA) is 21.3 Å².